The van der Waals surface area contributed by atoms with E-state index in [0.29, 0.717) is 6.42 Å². The van der Waals surface area contributed by atoms with Gasteiger partial charge in [0.15, 0.2) is 0 Å². The first-order valence-electron chi connectivity index (χ1n) is 6.85. The van der Waals surface area contributed by atoms with E-state index in [9.17, 15) is 4.79 Å². The third-order valence-corrected chi connectivity index (χ3v) is 2.94. The molecule has 100 valence electrons. The fraction of sp³-hybridized carbons (Fsp3) is 0.786. The maximum atomic E-state index is 10.7. The van der Waals surface area contributed by atoms with Gasteiger partial charge in [0.05, 0.1) is 0 Å². The monoisotopic (exact) mass is 241 g/mol. The molecule has 0 aliphatic heterocycles. The molecule has 2 N–H and O–H groups in total. The highest BCUT2D eigenvalue weighted by Gasteiger charge is 1.98. The molecule has 3 heteroatoms. The van der Waals surface area contributed by atoms with E-state index in [1.54, 1.807) is 5.48 Å². The minimum absolute atomic E-state index is 0.271. The highest BCUT2D eigenvalue weighted by atomic mass is 16.5. The van der Waals surface area contributed by atoms with Crippen LogP contribution in [0.3, 0.4) is 0 Å². The molecule has 0 aromatic heterocycles. The standard InChI is InChI=1S/C14H27NO2/c1-2-3-4-5-6-7-8-9-10-11-12-13-14(16)15-17/h2,17H,1,3-13H2,(H,15,16). The molecule has 1 amide bonds. The van der Waals surface area contributed by atoms with E-state index in [1.165, 1.54) is 44.9 Å². The molecule has 3 nitrogen and oxygen atoms in total. The molecule has 0 aromatic carbocycles. The molecule has 0 rings (SSSR count). The average molecular weight is 241 g/mol. The summed E-state index contributed by atoms with van der Waals surface area (Å²) in [6.07, 6.45) is 14.6. The topological polar surface area (TPSA) is 49.3 Å². The minimum atomic E-state index is -0.271. The number of amides is 1. The lowest BCUT2D eigenvalue weighted by molar-refractivity contribution is -0.129. The average Bonchev–Trinajstić information content (AvgIpc) is 2.35. The second-order valence-electron chi connectivity index (χ2n) is 4.54. The molecule has 0 spiro atoms. The van der Waals surface area contributed by atoms with Crippen molar-refractivity contribution in [2.45, 2.75) is 70.6 Å². The number of unbranched alkanes of at least 4 members (excludes halogenated alkanes) is 9. The third kappa shape index (κ3) is 13.1. The summed E-state index contributed by atoms with van der Waals surface area (Å²) >= 11 is 0. The van der Waals surface area contributed by atoms with E-state index in [1.807, 2.05) is 6.08 Å². The van der Waals surface area contributed by atoms with Crippen molar-refractivity contribution in [3.05, 3.63) is 12.7 Å². The molecule has 0 heterocycles. The summed E-state index contributed by atoms with van der Waals surface area (Å²) < 4.78 is 0. The summed E-state index contributed by atoms with van der Waals surface area (Å²) in [5, 5.41) is 8.29. The fourth-order valence-electron chi connectivity index (χ4n) is 1.87. The molecule has 0 aliphatic rings. The van der Waals surface area contributed by atoms with Crippen LogP contribution in [0.2, 0.25) is 0 Å². The van der Waals surface area contributed by atoms with Gasteiger partial charge in [-0.05, 0) is 19.3 Å². The molecular formula is C14H27NO2. The highest BCUT2D eigenvalue weighted by Crippen LogP contribution is 2.11. The molecule has 0 saturated heterocycles. The number of rotatable bonds is 12. The van der Waals surface area contributed by atoms with Crippen LogP contribution in [0.15, 0.2) is 12.7 Å². The van der Waals surface area contributed by atoms with E-state index < -0.39 is 0 Å². The SMILES string of the molecule is C=CCCCCCCCCCCCC(=O)NO. The zero-order valence-corrected chi connectivity index (χ0v) is 10.9. The molecule has 0 radical (unpaired) electrons. The van der Waals surface area contributed by atoms with Gasteiger partial charge in [0.2, 0.25) is 5.91 Å². The van der Waals surface area contributed by atoms with Crippen molar-refractivity contribution < 1.29 is 10.0 Å². The Bertz CT molecular complexity index is 193. The van der Waals surface area contributed by atoms with Crippen LogP contribution in [-0.2, 0) is 4.79 Å². The number of nitrogens with one attached hydrogen (secondary N) is 1. The summed E-state index contributed by atoms with van der Waals surface area (Å²) in [6.45, 7) is 3.71. The summed E-state index contributed by atoms with van der Waals surface area (Å²) in [5.74, 6) is -0.271. The number of carbonyl (C=O) groups excluding carboxylic acids is 1. The maximum Gasteiger partial charge on any atom is 0.243 e. The molecule has 0 aliphatic carbocycles. The lowest BCUT2D eigenvalue weighted by Gasteiger charge is -2.02. The van der Waals surface area contributed by atoms with Crippen LogP contribution >= 0.6 is 0 Å². The van der Waals surface area contributed by atoms with Crippen LogP contribution < -0.4 is 5.48 Å². The second kappa shape index (κ2) is 13.2. The molecule has 0 unspecified atom stereocenters. The van der Waals surface area contributed by atoms with E-state index in [-0.39, 0.29) is 5.91 Å². The van der Waals surface area contributed by atoms with Gasteiger partial charge in [-0.3, -0.25) is 10.0 Å². The fourth-order valence-corrected chi connectivity index (χ4v) is 1.87. The minimum Gasteiger partial charge on any atom is -0.289 e. The molecule has 0 saturated carbocycles. The van der Waals surface area contributed by atoms with Gasteiger partial charge < -0.3 is 0 Å². The van der Waals surface area contributed by atoms with Crippen LogP contribution in [0.4, 0.5) is 0 Å². The van der Waals surface area contributed by atoms with Gasteiger partial charge in [0, 0.05) is 6.42 Å². The second-order valence-corrected chi connectivity index (χ2v) is 4.54. The smallest absolute Gasteiger partial charge is 0.243 e. The van der Waals surface area contributed by atoms with Crippen molar-refractivity contribution in [3.63, 3.8) is 0 Å². The third-order valence-electron chi connectivity index (χ3n) is 2.94. The van der Waals surface area contributed by atoms with Crippen LogP contribution in [-0.4, -0.2) is 11.1 Å². The van der Waals surface area contributed by atoms with Crippen molar-refractivity contribution in [1.82, 2.24) is 5.48 Å². The van der Waals surface area contributed by atoms with E-state index in [0.717, 1.165) is 19.3 Å². The number of allylic oxidation sites excluding steroid dienone is 1. The van der Waals surface area contributed by atoms with Crippen molar-refractivity contribution >= 4 is 5.91 Å². The van der Waals surface area contributed by atoms with Gasteiger partial charge in [-0.2, -0.15) is 0 Å². The lowest BCUT2D eigenvalue weighted by atomic mass is 10.1. The van der Waals surface area contributed by atoms with E-state index in [2.05, 4.69) is 6.58 Å². The van der Waals surface area contributed by atoms with Gasteiger partial charge in [0.25, 0.3) is 0 Å². The lowest BCUT2D eigenvalue weighted by Crippen LogP contribution is -2.17. The Morgan fingerprint density at radius 2 is 1.41 bits per heavy atom. The first-order valence-corrected chi connectivity index (χ1v) is 6.85. The van der Waals surface area contributed by atoms with Gasteiger partial charge >= 0.3 is 0 Å². The van der Waals surface area contributed by atoms with Crippen LogP contribution in [0, 0.1) is 0 Å². The number of hydrogen-bond acceptors (Lipinski definition) is 2. The van der Waals surface area contributed by atoms with Crippen molar-refractivity contribution in [3.8, 4) is 0 Å². The zero-order chi connectivity index (χ0) is 12.8. The Labute approximate surface area is 105 Å². The first kappa shape index (κ1) is 16.2. The predicted octanol–water partition coefficient (Wildman–Crippen LogP) is 3.97. The molecule has 0 fully saturated rings. The van der Waals surface area contributed by atoms with Crippen LogP contribution in [0.1, 0.15) is 70.6 Å². The normalized spacial score (nSPS) is 10.2. The summed E-state index contributed by atoms with van der Waals surface area (Å²) in [6, 6.07) is 0. The molecule has 17 heavy (non-hydrogen) atoms. The Morgan fingerprint density at radius 1 is 0.941 bits per heavy atom. The number of hydrogen-bond donors (Lipinski definition) is 2. The molecule has 0 aromatic rings. The number of carbonyl (C=O) groups is 1. The van der Waals surface area contributed by atoms with Gasteiger partial charge in [-0.1, -0.05) is 51.0 Å². The maximum absolute atomic E-state index is 10.7. The van der Waals surface area contributed by atoms with Gasteiger partial charge in [0.1, 0.15) is 0 Å². The Hall–Kier alpha value is -0.830. The summed E-state index contributed by atoms with van der Waals surface area (Å²) in [5.41, 5.74) is 1.65. The van der Waals surface area contributed by atoms with E-state index in [4.69, 9.17) is 5.21 Å². The Kier molecular flexibility index (Phi) is 12.6. The van der Waals surface area contributed by atoms with Crippen LogP contribution in [0.25, 0.3) is 0 Å². The molecular weight excluding hydrogens is 214 g/mol. The van der Waals surface area contributed by atoms with Crippen molar-refractivity contribution in [2.24, 2.45) is 0 Å². The van der Waals surface area contributed by atoms with Crippen molar-refractivity contribution in [1.29, 1.82) is 0 Å². The van der Waals surface area contributed by atoms with Crippen LogP contribution in [0.5, 0.6) is 0 Å². The molecule has 0 atom stereocenters. The summed E-state index contributed by atoms with van der Waals surface area (Å²) in [4.78, 5) is 10.7. The van der Waals surface area contributed by atoms with Gasteiger partial charge in [-0.25, -0.2) is 5.48 Å². The van der Waals surface area contributed by atoms with Crippen molar-refractivity contribution in [2.75, 3.05) is 0 Å². The predicted molar refractivity (Wildman–Crippen MR) is 70.9 cm³/mol. The van der Waals surface area contributed by atoms with Gasteiger partial charge in [-0.15, -0.1) is 6.58 Å². The summed E-state index contributed by atoms with van der Waals surface area (Å²) in [7, 11) is 0. The quantitative estimate of drug-likeness (QED) is 0.235. The Morgan fingerprint density at radius 3 is 1.88 bits per heavy atom. The largest absolute Gasteiger partial charge is 0.289 e. The molecule has 0 bridgehead atoms. The Balaban J connectivity index is 2.98. The zero-order valence-electron chi connectivity index (χ0n) is 10.9. The first-order chi connectivity index (χ1) is 8.31. The highest BCUT2D eigenvalue weighted by molar-refractivity contribution is 5.74. The number of hydroxylamine groups is 1. The van der Waals surface area contributed by atoms with E-state index >= 15 is 0 Å².